The maximum absolute atomic E-state index is 12.9. The number of alkyl halides is 5. The zero-order valence-electron chi connectivity index (χ0n) is 9.15. The smallest absolute Gasteiger partial charge is 0.329 e. The minimum Gasteiger partial charge on any atom is -0.329 e. The molecule has 98 valence electrons. The monoisotopic (exact) mass is 265 g/mol. The average molecular weight is 265 g/mol. The van der Waals surface area contributed by atoms with E-state index < -0.39 is 23.9 Å². The van der Waals surface area contributed by atoms with Gasteiger partial charge in [0.2, 0.25) is 0 Å². The molecule has 0 rings (SSSR count). The first kappa shape index (κ1) is 16.0. The van der Waals surface area contributed by atoms with Crippen molar-refractivity contribution in [3.05, 3.63) is 0 Å². The first-order valence-corrected chi connectivity index (χ1v) is 5.97. The molecule has 2 atom stereocenters. The van der Waals surface area contributed by atoms with Gasteiger partial charge in [-0.25, -0.2) is 0 Å². The van der Waals surface area contributed by atoms with E-state index in [0.717, 1.165) is 6.42 Å². The van der Waals surface area contributed by atoms with Crippen LogP contribution in [0.1, 0.15) is 20.3 Å². The fourth-order valence-electron chi connectivity index (χ4n) is 0.902. The first-order valence-electron chi connectivity index (χ1n) is 4.93. The Balaban J connectivity index is 4.49. The molecule has 0 radical (unpaired) electrons. The van der Waals surface area contributed by atoms with Gasteiger partial charge in [-0.3, -0.25) is 0 Å². The van der Waals surface area contributed by atoms with E-state index in [1.54, 1.807) is 6.92 Å². The summed E-state index contributed by atoms with van der Waals surface area (Å²) in [6.45, 7) is 2.96. The fourth-order valence-corrected chi connectivity index (χ4v) is 2.18. The number of rotatable bonds is 6. The van der Waals surface area contributed by atoms with Gasteiger partial charge in [0.1, 0.15) is 0 Å². The van der Waals surface area contributed by atoms with Crippen molar-refractivity contribution >= 4 is 11.8 Å². The summed E-state index contributed by atoms with van der Waals surface area (Å²) >= 11 is 0.593. The Morgan fingerprint density at radius 3 is 2.00 bits per heavy atom. The van der Waals surface area contributed by atoms with E-state index in [1.165, 1.54) is 0 Å². The minimum absolute atomic E-state index is 0.100. The van der Waals surface area contributed by atoms with Gasteiger partial charge in [-0.2, -0.15) is 33.7 Å². The Hall–Kier alpha value is -0.0400. The van der Waals surface area contributed by atoms with Gasteiger partial charge >= 0.3 is 12.1 Å². The lowest BCUT2D eigenvalue weighted by Crippen LogP contribution is -2.48. The first-order chi connectivity index (χ1) is 7.16. The molecule has 0 aromatic rings. The van der Waals surface area contributed by atoms with Crippen LogP contribution in [-0.4, -0.2) is 29.6 Å². The van der Waals surface area contributed by atoms with Crippen LogP contribution < -0.4 is 5.73 Å². The molecule has 0 fully saturated rings. The Bertz CT molecular complexity index is 207. The van der Waals surface area contributed by atoms with Gasteiger partial charge < -0.3 is 5.73 Å². The second-order valence-corrected chi connectivity index (χ2v) is 4.93. The summed E-state index contributed by atoms with van der Waals surface area (Å²) in [7, 11) is 0. The molecule has 7 heteroatoms. The molecule has 2 unspecified atom stereocenters. The fraction of sp³-hybridized carbons (Fsp3) is 1.00. The van der Waals surface area contributed by atoms with Crippen molar-refractivity contribution in [3.63, 3.8) is 0 Å². The van der Waals surface area contributed by atoms with Gasteiger partial charge in [0.25, 0.3) is 0 Å². The highest BCUT2D eigenvalue weighted by atomic mass is 32.2. The lowest BCUT2D eigenvalue weighted by molar-refractivity contribution is -0.280. The summed E-state index contributed by atoms with van der Waals surface area (Å²) in [6.07, 6.45) is -4.79. The molecule has 0 aromatic heterocycles. The molecule has 0 aliphatic carbocycles. The van der Waals surface area contributed by atoms with Gasteiger partial charge in [-0.1, -0.05) is 20.3 Å². The van der Waals surface area contributed by atoms with Gasteiger partial charge in [0.15, 0.2) is 0 Å². The highest BCUT2D eigenvalue weighted by Crippen LogP contribution is 2.42. The molecule has 2 N–H and O–H groups in total. The molecule has 0 spiro atoms. The molecule has 16 heavy (non-hydrogen) atoms. The van der Waals surface area contributed by atoms with E-state index in [-0.39, 0.29) is 11.7 Å². The summed E-state index contributed by atoms with van der Waals surface area (Å²) in [5.74, 6) is -4.37. The van der Waals surface area contributed by atoms with Gasteiger partial charge in [0.05, 0.1) is 5.25 Å². The number of hydrogen-bond donors (Lipinski definition) is 1. The Labute approximate surface area is 95.9 Å². The van der Waals surface area contributed by atoms with Gasteiger partial charge in [0, 0.05) is 6.54 Å². The molecule has 0 aromatic carbocycles. The molecule has 0 heterocycles. The van der Waals surface area contributed by atoms with Crippen LogP contribution >= 0.6 is 11.8 Å². The molecular formula is C9H16F5NS. The summed E-state index contributed by atoms with van der Waals surface area (Å²) in [4.78, 5) is 0. The molecule has 0 aliphatic rings. The maximum atomic E-state index is 12.9. The number of halogens is 5. The van der Waals surface area contributed by atoms with Crippen LogP contribution in [0.15, 0.2) is 0 Å². The second kappa shape index (κ2) is 6.05. The van der Waals surface area contributed by atoms with Gasteiger partial charge in [-0.05, 0) is 11.7 Å². The predicted molar refractivity (Wildman–Crippen MR) is 55.8 cm³/mol. The van der Waals surface area contributed by atoms with Crippen molar-refractivity contribution in [2.75, 3.05) is 12.3 Å². The van der Waals surface area contributed by atoms with Crippen LogP contribution in [0, 0.1) is 5.92 Å². The third kappa shape index (κ3) is 4.08. The lowest BCUT2D eigenvalue weighted by Gasteiger charge is -2.27. The van der Waals surface area contributed by atoms with Crippen molar-refractivity contribution in [2.45, 2.75) is 37.6 Å². The highest BCUT2D eigenvalue weighted by Gasteiger charge is 2.61. The van der Waals surface area contributed by atoms with Crippen molar-refractivity contribution < 1.29 is 22.0 Å². The largest absolute Gasteiger partial charge is 0.454 e. The topological polar surface area (TPSA) is 26.0 Å². The van der Waals surface area contributed by atoms with Crippen LogP contribution in [0.2, 0.25) is 0 Å². The number of thioether (sulfide) groups is 1. The van der Waals surface area contributed by atoms with Crippen LogP contribution in [0.25, 0.3) is 0 Å². The zero-order valence-corrected chi connectivity index (χ0v) is 9.97. The highest BCUT2D eigenvalue weighted by molar-refractivity contribution is 8.00. The molecule has 0 saturated heterocycles. The zero-order chi connectivity index (χ0) is 13.0. The van der Waals surface area contributed by atoms with E-state index in [2.05, 4.69) is 0 Å². The maximum Gasteiger partial charge on any atom is 0.454 e. The summed E-state index contributed by atoms with van der Waals surface area (Å²) < 4.78 is 62.0. The third-order valence-corrected chi connectivity index (χ3v) is 3.93. The van der Waals surface area contributed by atoms with Crippen molar-refractivity contribution in [2.24, 2.45) is 11.7 Å². The number of hydrogen-bond acceptors (Lipinski definition) is 2. The lowest BCUT2D eigenvalue weighted by atomic mass is 10.2. The van der Waals surface area contributed by atoms with E-state index >= 15 is 0 Å². The summed E-state index contributed by atoms with van der Waals surface area (Å²) in [5, 5.41) is -1.90. The quantitative estimate of drug-likeness (QED) is 0.746. The second-order valence-electron chi connectivity index (χ2n) is 3.69. The average Bonchev–Trinajstić information content (AvgIpc) is 2.16. The molecule has 1 nitrogen and oxygen atoms in total. The van der Waals surface area contributed by atoms with Crippen LogP contribution in [0.5, 0.6) is 0 Å². The van der Waals surface area contributed by atoms with Gasteiger partial charge in [-0.15, -0.1) is 0 Å². The van der Waals surface area contributed by atoms with Crippen LogP contribution in [0.4, 0.5) is 22.0 Å². The standard InChI is InChI=1S/C9H16F5NS/c1-3-6(2)5-16-7(4-15)8(10,11)9(12,13)14/h6-7H,3-5,15H2,1-2H3. The van der Waals surface area contributed by atoms with E-state index in [1.807, 2.05) is 6.92 Å². The molecule has 0 bridgehead atoms. The molecule has 0 aliphatic heterocycles. The SMILES string of the molecule is CCC(C)CSC(CN)C(F)(F)C(F)(F)F. The molecule has 0 saturated carbocycles. The minimum atomic E-state index is -5.53. The molecule has 0 amide bonds. The van der Waals surface area contributed by atoms with E-state index in [4.69, 9.17) is 5.73 Å². The molecular weight excluding hydrogens is 249 g/mol. The van der Waals surface area contributed by atoms with E-state index in [0.29, 0.717) is 11.8 Å². The van der Waals surface area contributed by atoms with Crippen molar-refractivity contribution in [1.82, 2.24) is 0 Å². The Kier molecular flexibility index (Phi) is 6.03. The predicted octanol–water partition coefficient (Wildman–Crippen LogP) is 3.29. The summed E-state index contributed by atoms with van der Waals surface area (Å²) in [5.41, 5.74) is 4.98. The Morgan fingerprint density at radius 2 is 1.69 bits per heavy atom. The van der Waals surface area contributed by atoms with Crippen molar-refractivity contribution in [1.29, 1.82) is 0 Å². The third-order valence-electron chi connectivity index (χ3n) is 2.28. The normalized spacial score (nSPS) is 17.2. The summed E-state index contributed by atoms with van der Waals surface area (Å²) in [6, 6.07) is 0. The van der Waals surface area contributed by atoms with E-state index in [9.17, 15) is 22.0 Å². The van der Waals surface area contributed by atoms with Crippen molar-refractivity contribution in [3.8, 4) is 0 Å². The Morgan fingerprint density at radius 1 is 1.19 bits per heavy atom. The van der Waals surface area contributed by atoms with Crippen LogP contribution in [0.3, 0.4) is 0 Å². The van der Waals surface area contributed by atoms with Crippen LogP contribution in [-0.2, 0) is 0 Å². The number of nitrogens with two attached hydrogens (primary N) is 1.